The number of piperidine rings is 1. The van der Waals surface area contributed by atoms with Crippen molar-refractivity contribution >= 4 is 11.9 Å². The van der Waals surface area contributed by atoms with Crippen LogP contribution in [0.2, 0.25) is 0 Å². The Morgan fingerprint density at radius 2 is 2.21 bits per heavy atom. The number of rotatable bonds is 6. The molecule has 2 aromatic heterocycles. The number of esters is 1. The molecule has 0 saturated carbocycles. The summed E-state index contributed by atoms with van der Waals surface area (Å²) in [5.41, 5.74) is 1.03. The molecule has 1 N–H and O–H groups in total. The number of aliphatic imine (C=N–C) groups is 1. The molecule has 0 spiro atoms. The van der Waals surface area contributed by atoms with Crippen LogP contribution in [0.25, 0.3) is 5.82 Å². The van der Waals surface area contributed by atoms with Crippen LogP contribution in [0.5, 0.6) is 0 Å². The molecule has 8 heteroatoms. The highest BCUT2D eigenvalue weighted by Crippen LogP contribution is 2.18. The zero-order chi connectivity index (χ0) is 20.6. The van der Waals surface area contributed by atoms with Gasteiger partial charge in [0.25, 0.3) is 0 Å². The van der Waals surface area contributed by atoms with Crippen molar-refractivity contribution in [2.24, 2.45) is 10.9 Å². The van der Waals surface area contributed by atoms with Crippen LogP contribution in [0.1, 0.15) is 38.1 Å². The summed E-state index contributed by atoms with van der Waals surface area (Å²) in [6.07, 6.45) is 7.33. The minimum atomic E-state index is -0.109. The first kappa shape index (κ1) is 20.8. The average molecular weight is 399 g/mol. The average Bonchev–Trinajstić information content (AvgIpc) is 3.17. The zero-order valence-electron chi connectivity index (χ0n) is 17.5. The molecule has 3 rings (SSSR count). The Labute approximate surface area is 172 Å². The Hall–Kier alpha value is -2.90. The van der Waals surface area contributed by atoms with E-state index in [-0.39, 0.29) is 11.9 Å². The van der Waals surface area contributed by atoms with Crippen LogP contribution >= 0.6 is 0 Å². The van der Waals surface area contributed by atoms with Crippen molar-refractivity contribution in [2.45, 2.75) is 40.2 Å². The number of aromatic nitrogens is 3. The van der Waals surface area contributed by atoms with Crippen LogP contribution in [-0.4, -0.2) is 57.6 Å². The van der Waals surface area contributed by atoms with E-state index < -0.39 is 0 Å². The number of pyridine rings is 1. The van der Waals surface area contributed by atoms with E-state index in [1.807, 2.05) is 49.9 Å². The van der Waals surface area contributed by atoms with Gasteiger partial charge in [0.05, 0.1) is 19.1 Å². The van der Waals surface area contributed by atoms with E-state index in [4.69, 9.17) is 9.73 Å². The fourth-order valence-corrected chi connectivity index (χ4v) is 3.49. The molecule has 8 nitrogen and oxygen atoms in total. The summed E-state index contributed by atoms with van der Waals surface area (Å²) < 4.78 is 7.15. The highest BCUT2D eigenvalue weighted by atomic mass is 16.5. The lowest BCUT2D eigenvalue weighted by atomic mass is 9.98. The lowest BCUT2D eigenvalue weighted by Crippen LogP contribution is -2.48. The van der Waals surface area contributed by atoms with Crippen molar-refractivity contribution in [1.82, 2.24) is 24.8 Å². The number of carbonyl (C=O) groups excluding carboxylic acids is 1. The van der Waals surface area contributed by atoms with Crippen LogP contribution in [0.15, 0.2) is 35.7 Å². The van der Waals surface area contributed by atoms with Gasteiger partial charge in [0.2, 0.25) is 0 Å². The first-order valence-electron chi connectivity index (χ1n) is 10.3. The third-order valence-electron chi connectivity index (χ3n) is 4.97. The van der Waals surface area contributed by atoms with Crippen molar-refractivity contribution < 1.29 is 9.53 Å². The Morgan fingerprint density at radius 3 is 2.86 bits per heavy atom. The topological polar surface area (TPSA) is 84.6 Å². The molecule has 0 aromatic carbocycles. The molecule has 156 valence electrons. The van der Waals surface area contributed by atoms with Crippen molar-refractivity contribution in [3.63, 3.8) is 0 Å². The molecular weight excluding hydrogens is 368 g/mol. The van der Waals surface area contributed by atoms with E-state index in [1.165, 1.54) is 0 Å². The molecule has 1 fully saturated rings. The Bertz CT molecular complexity index is 830. The standard InChI is InChI=1S/C21H30N6O2/c1-4-22-21(26-11-6-7-18(15-26)20(28)29-5-2)25-14-17-8-9-19(24-13-17)27-12-10-23-16(27)3/h8-10,12-13,18H,4-7,11,14-15H2,1-3H3,(H,22,25). The predicted octanol–water partition coefficient (Wildman–Crippen LogP) is 2.32. The monoisotopic (exact) mass is 398 g/mol. The number of carbonyl (C=O) groups is 1. The van der Waals surface area contributed by atoms with Gasteiger partial charge in [-0.05, 0) is 45.2 Å². The van der Waals surface area contributed by atoms with Gasteiger partial charge < -0.3 is 15.0 Å². The molecule has 0 aliphatic carbocycles. The number of aryl methyl sites for hydroxylation is 1. The Morgan fingerprint density at radius 1 is 1.34 bits per heavy atom. The SMILES string of the molecule is CCNC(=NCc1ccc(-n2ccnc2C)nc1)N1CCCC(C(=O)OCC)C1. The zero-order valence-corrected chi connectivity index (χ0v) is 17.5. The van der Waals surface area contributed by atoms with Crippen molar-refractivity contribution in [1.29, 1.82) is 0 Å². The maximum Gasteiger partial charge on any atom is 0.310 e. The fraction of sp³-hybridized carbons (Fsp3) is 0.524. The number of imidazole rings is 1. The summed E-state index contributed by atoms with van der Waals surface area (Å²) >= 11 is 0. The second kappa shape index (κ2) is 10.0. The van der Waals surface area contributed by atoms with Crippen LogP contribution in [-0.2, 0) is 16.1 Å². The van der Waals surface area contributed by atoms with E-state index in [0.717, 1.165) is 49.1 Å². The van der Waals surface area contributed by atoms with Gasteiger partial charge in [0.1, 0.15) is 11.6 Å². The maximum atomic E-state index is 12.1. The minimum absolute atomic E-state index is 0.0908. The smallest absolute Gasteiger partial charge is 0.310 e. The van der Waals surface area contributed by atoms with Gasteiger partial charge in [0.15, 0.2) is 5.96 Å². The van der Waals surface area contributed by atoms with E-state index in [2.05, 4.69) is 20.2 Å². The number of ether oxygens (including phenoxy) is 1. The molecule has 1 atom stereocenters. The summed E-state index contributed by atoms with van der Waals surface area (Å²) in [7, 11) is 0. The van der Waals surface area contributed by atoms with Gasteiger partial charge in [-0.25, -0.2) is 15.0 Å². The summed E-state index contributed by atoms with van der Waals surface area (Å²) in [6, 6.07) is 4.01. The minimum Gasteiger partial charge on any atom is -0.466 e. The largest absolute Gasteiger partial charge is 0.466 e. The quantitative estimate of drug-likeness (QED) is 0.457. The molecule has 1 unspecified atom stereocenters. The Balaban J connectivity index is 1.67. The van der Waals surface area contributed by atoms with Gasteiger partial charge in [-0.1, -0.05) is 6.07 Å². The van der Waals surface area contributed by atoms with Gasteiger partial charge in [-0.3, -0.25) is 9.36 Å². The first-order chi connectivity index (χ1) is 14.1. The summed E-state index contributed by atoms with van der Waals surface area (Å²) in [5.74, 6) is 2.37. The lowest BCUT2D eigenvalue weighted by Gasteiger charge is -2.34. The van der Waals surface area contributed by atoms with E-state index in [9.17, 15) is 4.79 Å². The van der Waals surface area contributed by atoms with Gasteiger partial charge >= 0.3 is 5.97 Å². The number of hydrogen-bond acceptors (Lipinski definition) is 5. The molecule has 1 aliphatic heterocycles. The number of hydrogen-bond donors (Lipinski definition) is 1. The third kappa shape index (κ3) is 5.34. The van der Waals surface area contributed by atoms with Crippen LogP contribution in [0.3, 0.4) is 0 Å². The predicted molar refractivity (Wildman–Crippen MR) is 112 cm³/mol. The normalized spacial score (nSPS) is 17.3. The second-order valence-corrected chi connectivity index (χ2v) is 7.08. The van der Waals surface area contributed by atoms with Crippen LogP contribution < -0.4 is 5.32 Å². The van der Waals surface area contributed by atoms with E-state index in [1.54, 1.807) is 6.20 Å². The molecule has 1 saturated heterocycles. The fourth-order valence-electron chi connectivity index (χ4n) is 3.49. The number of guanidine groups is 1. The second-order valence-electron chi connectivity index (χ2n) is 7.08. The Kier molecular flexibility index (Phi) is 7.21. The maximum absolute atomic E-state index is 12.1. The summed E-state index contributed by atoms with van der Waals surface area (Å²) in [4.78, 5) is 27.8. The van der Waals surface area contributed by atoms with E-state index in [0.29, 0.717) is 19.7 Å². The van der Waals surface area contributed by atoms with Gasteiger partial charge in [-0.15, -0.1) is 0 Å². The molecule has 2 aromatic rings. The first-order valence-corrected chi connectivity index (χ1v) is 10.3. The van der Waals surface area contributed by atoms with Crippen molar-refractivity contribution in [3.8, 4) is 5.82 Å². The number of nitrogens with zero attached hydrogens (tertiary/aromatic N) is 5. The van der Waals surface area contributed by atoms with Crippen LogP contribution in [0, 0.1) is 12.8 Å². The highest BCUT2D eigenvalue weighted by molar-refractivity contribution is 5.81. The number of nitrogens with one attached hydrogen (secondary N) is 1. The lowest BCUT2D eigenvalue weighted by molar-refractivity contribution is -0.149. The summed E-state index contributed by atoms with van der Waals surface area (Å²) in [6.45, 7) is 9.09. The van der Waals surface area contributed by atoms with Crippen molar-refractivity contribution in [3.05, 3.63) is 42.1 Å². The summed E-state index contributed by atoms with van der Waals surface area (Å²) in [5, 5.41) is 3.35. The molecule has 29 heavy (non-hydrogen) atoms. The third-order valence-corrected chi connectivity index (χ3v) is 4.97. The van der Waals surface area contributed by atoms with Crippen molar-refractivity contribution in [2.75, 3.05) is 26.2 Å². The number of likely N-dealkylation sites (tertiary alicyclic amines) is 1. The molecule has 3 heterocycles. The van der Waals surface area contributed by atoms with Gasteiger partial charge in [0, 0.05) is 38.2 Å². The van der Waals surface area contributed by atoms with E-state index >= 15 is 0 Å². The molecule has 0 bridgehead atoms. The highest BCUT2D eigenvalue weighted by Gasteiger charge is 2.28. The molecule has 0 amide bonds. The molecule has 1 aliphatic rings. The molecule has 0 radical (unpaired) electrons. The van der Waals surface area contributed by atoms with Gasteiger partial charge in [-0.2, -0.15) is 0 Å². The molecular formula is C21H30N6O2. The van der Waals surface area contributed by atoms with Crippen LogP contribution in [0.4, 0.5) is 0 Å².